The zero-order valence-corrected chi connectivity index (χ0v) is 14.9. The fourth-order valence-electron chi connectivity index (χ4n) is 3.06. The first-order valence-corrected chi connectivity index (χ1v) is 9.35. The van der Waals surface area contributed by atoms with Crippen LogP contribution in [-0.2, 0) is 4.74 Å². The fourth-order valence-corrected chi connectivity index (χ4v) is 4.03. The van der Waals surface area contributed by atoms with Gasteiger partial charge >= 0.3 is 0 Å². The number of hydrogen-bond donors (Lipinski definition) is 0. The fraction of sp³-hybridized carbons (Fsp3) is 0.250. The van der Waals surface area contributed by atoms with Crippen molar-refractivity contribution in [2.45, 2.75) is 18.9 Å². The normalized spacial score (nSPS) is 16.5. The maximum atomic E-state index is 13.2. The summed E-state index contributed by atoms with van der Waals surface area (Å²) >= 11 is 1.51. The van der Waals surface area contributed by atoms with E-state index in [0.29, 0.717) is 22.8 Å². The number of para-hydroxylation sites is 1. The van der Waals surface area contributed by atoms with E-state index in [0.717, 1.165) is 29.7 Å². The zero-order valence-electron chi connectivity index (χ0n) is 14.1. The Balaban J connectivity index is 1.69. The molecule has 0 saturated carbocycles. The molecule has 1 aliphatic heterocycles. The van der Waals surface area contributed by atoms with Crippen molar-refractivity contribution in [1.29, 1.82) is 5.26 Å². The van der Waals surface area contributed by atoms with Crippen molar-refractivity contribution in [1.82, 2.24) is 4.98 Å². The predicted molar refractivity (Wildman–Crippen MR) is 101 cm³/mol. The van der Waals surface area contributed by atoms with Crippen molar-refractivity contribution in [3.8, 4) is 6.07 Å². The minimum atomic E-state index is -0.121. The Morgan fingerprint density at radius 1 is 1.27 bits per heavy atom. The molecule has 1 atom stereocenters. The van der Waals surface area contributed by atoms with Crippen LogP contribution in [0.1, 0.15) is 28.8 Å². The Hall–Kier alpha value is -2.75. The minimum absolute atomic E-state index is 0.0318. The summed E-state index contributed by atoms with van der Waals surface area (Å²) in [7, 11) is 0. The van der Waals surface area contributed by atoms with E-state index in [1.807, 2.05) is 24.3 Å². The number of thiazole rings is 1. The van der Waals surface area contributed by atoms with E-state index in [4.69, 9.17) is 10.00 Å². The van der Waals surface area contributed by atoms with Gasteiger partial charge in [0.25, 0.3) is 5.91 Å². The molecule has 0 radical (unpaired) electrons. The number of rotatable bonds is 4. The third-order valence-corrected chi connectivity index (χ3v) is 5.49. The molecule has 3 aromatic rings. The SMILES string of the molecule is N#Cc1ccc(C(=O)N(CC2CCCO2)c2nc3ccccc3s2)cc1. The second-order valence-electron chi connectivity index (χ2n) is 6.20. The van der Waals surface area contributed by atoms with Gasteiger partial charge in [-0.2, -0.15) is 5.26 Å². The number of carbonyl (C=O) groups is 1. The minimum Gasteiger partial charge on any atom is -0.376 e. The highest BCUT2D eigenvalue weighted by molar-refractivity contribution is 7.22. The lowest BCUT2D eigenvalue weighted by Crippen LogP contribution is -2.37. The Morgan fingerprint density at radius 2 is 2.08 bits per heavy atom. The highest BCUT2D eigenvalue weighted by Gasteiger charge is 2.27. The van der Waals surface area contributed by atoms with E-state index in [2.05, 4.69) is 11.1 Å². The lowest BCUT2D eigenvalue weighted by Gasteiger charge is -2.23. The molecule has 2 heterocycles. The number of fused-ring (bicyclic) bond motifs is 1. The third kappa shape index (κ3) is 3.32. The summed E-state index contributed by atoms with van der Waals surface area (Å²) in [5, 5.41) is 9.63. The van der Waals surface area contributed by atoms with Gasteiger partial charge in [-0.05, 0) is 49.2 Å². The summed E-state index contributed by atoms with van der Waals surface area (Å²) < 4.78 is 6.79. The molecule has 0 spiro atoms. The van der Waals surface area contributed by atoms with Gasteiger partial charge in [0.15, 0.2) is 5.13 Å². The number of anilines is 1. The Bertz CT molecular complexity index is 936. The molecule has 0 N–H and O–H groups in total. The average molecular weight is 363 g/mol. The molecule has 26 heavy (non-hydrogen) atoms. The summed E-state index contributed by atoms with van der Waals surface area (Å²) in [6, 6.07) is 16.7. The lowest BCUT2D eigenvalue weighted by molar-refractivity contribution is 0.0917. The van der Waals surface area contributed by atoms with Crippen molar-refractivity contribution in [2.75, 3.05) is 18.1 Å². The van der Waals surface area contributed by atoms with Crippen molar-refractivity contribution in [3.63, 3.8) is 0 Å². The molecule has 2 aromatic carbocycles. The molecule has 130 valence electrons. The summed E-state index contributed by atoms with van der Waals surface area (Å²) in [6.07, 6.45) is 2.00. The lowest BCUT2D eigenvalue weighted by atomic mass is 10.1. The topological polar surface area (TPSA) is 66.2 Å². The van der Waals surface area contributed by atoms with Crippen molar-refractivity contribution >= 4 is 32.6 Å². The Morgan fingerprint density at radius 3 is 2.77 bits per heavy atom. The van der Waals surface area contributed by atoms with Gasteiger partial charge in [0.05, 0.1) is 34.5 Å². The molecular formula is C20H17N3O2S. The second-order valence-corrected chi connectivity index (χ2v) is 7.21. The van der Waals surface area contributed by atoms with Gasteiger partial charge in [0, 0.05) is 12.2 Å². The van der Waals surface area contributed by atoms with E-state index in [9.17, 15) is 4.79 Å². The van der Waals surface area contributed by atoms with Crippen LogP contribution in [0.15, 0.2) is 48.5 Å². The first kappa shape index (κ1) is 16.7. The summed E-state index contributed by atoms with van der Waals surface area (Å²) in [5.41, 5.74) is 1.96. The standard InChI is InChI=1S/C20H17N3O2S/c21-12-14-7-9-15(10-8-14)19(24)23(13-16-4-3-11-25-16)20-22-17-5-1-2-6-18(17)26-20/h1-2,5-10,16H,3-4,11,13H2. The van der Waals surface area contributed by atoms with Crippen LogP contribution >= 0.6 is 11.3 Å². The molecule has 1 fully saturated rings. The molecule has 6 heteroatoms. The van der Waals surface area contributed by atoms with Gasteiger partial charge < -0.3 is 4.74 Å². The van der Waals surface area contributed by atoms with Crippen molar-refractivity contribution in [2.24, 2.45) is 0 Å². The summed E-state index contributed by atoms with van der Waals surface area (Å²) in [6.45, 7) is 1.22. The van der Waals surface area contributed by atoms with Gasteiger partial charge in [-0.1, -0.05) is 23.5 Å². The van der Waals surface area contributed by atoms with E-state index >= 15 is 0 Å². The highest BCUT2D eigenvalue weighted by Crippen LogP contribution is 2.30. The summed E-state index contributed by atoms with van der Waals surface area (Å²) in [5.74, 6) is -0.121. The van der Waals surface area contributed by atoms with E-state index < -0.39 is 0 Å². The number of benzene rings is 2. The van der Waals surface area contributed by atoms with Crippen molar-refractivity contribution < 1.29 is 9.53 Å². The third-order valence-electron chi connectivity index (χ3n) is 4.43. The Labute approximate surface area is 155 Å². The average Bonchev–Trinajstić information content (AvgIpc) is 3.34. The van der Waals surface area contributed by atoms with Crippen molar-refractivity contribution in [3.05, 3.63) is 59.7 Å². The van der Waals surface area contributed by atoms with Crippen LogP contribution in [-0.4, -0.2) is 30.1 Å². The number of hydrogen-bond acceptors (Lipinski definition) is 5. The molecular weight excluding hydrogens is 346 g/mol. The van der Waals surface area contributed by atoms with Crippen LogP contribution in [0.2, 0.25) is 0 Å². The van der Waals surface area contributed by atoms with Crippen LogP contribution in [0.5, 0.6) is 0 Å². The van der Waals surface area contributed by atoms with Gasteiger partial charge in [-0.15, -0.1) is 0 Å². The monoisotopic (exact) mass is 363 g/mol. The molecule has 1 amide bonds. The van der Waals surface area contributed by atoms with Gasteiger partial charge in [0.1, 0.15) is 0 Å². The maximum Gasteiger partial charge on any atom is 0.260 e. The smallest absolute Gasteiger partial charge is 0.260 e. The van der Waals surface area contributed by atoms with Gasteiger partial charge in [-0.3, -0.25) is 9.69 Å². The molecule has 1 saturated heterocycles. The van der Waals surface area contributed by atoms with Gasteiger partial charge in [0.2, 0.25) is 0 Å². The first-order chi connectivity index (χ1) is 12.7. The molecule has 5 nitrogen and oxygen atoms in total. The number of nitriles is 1. The molecule has 0 aliphatic carbocycles. The number of nitrogens with zero attached hydrogens (tertiary/aromatic N) is 3. The first-order valence-electron chi connectivity index (χ1n) is 8.54. The Kier molecular flexibility index (Phi) is 4.65. The largest absolute Gasteiger partial charge is 0.376 e. The maximum absolute atomic E-state index is 13.2. The number of amides is 1. The number of ether oxygens (including phenoxy) is 1. The predicted octanol–water partition coefficient (Wildman–Crippen LogP) is 3.99. The van der Waals surface area contributed by atoms with E-state index in [1.54, 1.807) is 29.2 Å². The number of carbonyl (C=O) groups excluding carboxylic acids is 1. The highest BCUT2D eigenvalue weighted by atomic mass is 32.1. The molecule has 1 aromatic heterocycles. The zero-order chi connectivity index (χ0) is 17.9. The van der Waals surface area contributed by atoms with Crippen LogP contribution < -0.4 is 4.90 Å². The van der Waals surface area contributed by atoms with Crippen LogP contribution in [0, 0.1) is 11.3 Å². The van der Waals surface area contributed by atoms with Gasteiger partial charge in [-0.25, -0.2) is 4.98 Å². The van der Waals surface area contributed by atoms with Crippen LogP contribution in [0.3, 0.4) is 0 Å². The summed E-state index contributed by atoms with van der Waals surface area (Å²) in [4.78, 5) is 19.5. The molecule has 0 bridgehead atoms. The molecule has 1 unspecified atom stereocenters. The quantitative estimate of drug-likeness (QED) is 0.703. The van der Waals surface area contributed by atoms with E-state index in [1.165, 1.54) is 11.3 Å². The van der Waals surface area contributed by atoms with Crippen LogP contribution in [0.4, 0.5) is 5.13 Å². The molecule has 4 rings (SSSR count). The second kappa shape index (κ2) is 7.24. The van der Waals surface area contributed by atoms with E-state index in [-0.39, 0.29) is 12.0 Å². The number of aromatic nitrogens is 1. The molecule has 1 aliphatic rings. The van der Waals surface area contributed by atoms with Crippen LogP contribution in [0.25, 0.3) is 10.2 Å².